The van der Waals surface area contributed by atoms with Crippen LogP contribution in [0.25, 0.3) is 0 Å². The van der Waals surface area contributed by atoms with Crippen LogP contribution in [0.15, 0.2) is 22.7 Å². The molecule has 1 aromatic heterocycles. The van der Waals surface area contributed by atoms with Gasteiger partial charge in [-0.05, 0) is 51.0 Å². The minimum Gasteiger partial charge on any atom is -0.481 e. The number of anilines is 1. The van der Waals surface area contributed by atoms with Crippen LogP contribution in [0.2, 0.25) is 0 Å². The van der Waals surface area contributed by atoms with Crippen molar-refractivity contribution in [1.29, 1.82) is 0 Å². The average molecular weight is 302 g/mol. The molecule has 5 nitrogen and oxygen atoms in total. The van der Waals surface area contributed by atoms with Crippen LogP contribution < -0.4 is 4.90 Å². The topological polar surface area (TPSA) is 66.6 Å². The van der Waals surface area contributed by atoms with Gasteiger partial charge in [-0.3, -0.25) is 4.79 Å². The molecule has 0 saturated carbocycles. The molecule has 0 aliphatic rings. The van der Waals surface area contributed by atoms with Crippen molar-refractivity contribution in [3.63, 3.8) is 0 Å². The van der Waals surface area contributed by atoms with E-state index in [4.69, 9.17) is 9.63 Å². The Bertz CT molecular complexity index is 637. The lowest BCUT2D eigenvalue weighted by atomic mass is 10.1. The Labute approximate surface area is 130 Å². The maximum atomic E-state index is 10.9. The number of aromatic nitrogens is 1. The van der Waals surface area contributed by atoms with Crippen LogP contribution in [0.4, 0.5) is 5.69 Å². The zero-order valence-corrected chi connectivity index (χ0v) is 13.5. The zero-order chi connectivity index (χ0) is 16.3. The number of hydrogen-bond donors (Lipinski definition) is 1. The van der Waals surface area contributed by atoms with Crippen molar-refractivity contribution in [2.24, 2.45) is 0 Å². The monoisotopic (exact) mass is 302 g/mol. The predicted molar refractivity (Wildman–Crippen MR) is 85.2 cm³/mol. The highest BCUT2D eigenvalue weighted by Crippen LogP contribution is 2.23. The van der Waals surface area contributed by atoms with E-state index in [1.165, 1.54) is 0 Å². The molecule has 2 aromatic rings. The van der Waals surface area contributed by atoms with E-state index in [1.807, 2.05) is 27.7 Å². The highest BCUT2D eigenvalue weighted by Gasteiger charge is 2.16. The number of aliphatic carboxylic acids is 1. The Kier molecular flexibility index (Phi) is 4.85. The normalized spacial score (nSPS) is 10.7. The first-order valence-corrected chi connectivity index (χ1v) is 7.33. The fourth-order valence-corrected chi connectivity index (χ4v) is 2.58. The molecule has 0 unspecified atom stereocenters. The van der Waals surface area contributed by atoms with Gasteiger partial charge in [-0.2, -0.15) is 0 Å². The van der Waals surface area contributed by atoms with Crippen LogP contribution in [0.1, 0.15) is 34.6 Å². The summed E-state index contributed by atoms with van der Waals surface area (Å²) in [7, 11) is 0. The summed E-state index contributed by atoms with van der Waals surface area (Å²) in [5.41, 5.74) is 5.22. The fourth-order valence-electron chi connectivity index (χ4n) is 2.58. The second-order valence-electron chi connectivity index (χ2n) is 5.71. The molecule has 0 spiro atoms. The molecule has 1 aromatic carbocycles. The summed E-state index contributed by atoms with van der Waals surface area (Å²) in [6, 6.07) is 6.26. The summed E-state index contributed by atoms with van der Waals surface area (Å²) in [6.45, 7) is 8.91. The molecule has 118 valence electrons. The highest BCUT2D eigenvalue weighted by molar-refractivity contribution is 5.67. The third-order valence-corrected chi connectivity index (χ3v) is 3.70. The van der Waals surface area contributed by atoms with E-state index >= 15 is 0 Å². The summed E-state index contributed by atoms with van der Waals surface area (Å²) in [4.78, 5) is 13.0. The Hall–Kier alpha value is -2.30. The molecule has 1 heterocycles. The standard InChI is InChI=1S/C17H22N2O3/c1-11-7-12(2)9-15(8-11)19(6-5-17(20)21)10-16-13(3)18-22-14(16)4/h7-9H,5-6,10H2,1-4H3,(H,20,21). The lowest BCUT2D eigenvalue weighted by Crippen LogP contribution is -2.26. The Morgan fingerprint density at radius 2 is 1.82 bits per heavy atom. The molecule has 0 bridgehead atoms. The largest absolute Gasteiger partial charge is 0.481 e. The summed E-state index contributed by atoms with van der Waals surface area (Å²) >= 11 is 0. The lowest BCUT2D eigenvalue weighted by Gasteiger charge is -2.25. The number of hydrogen-bond acceptors (Lipinski definition) is 4. The lowest BCUT2D eigenvalue weighted by molar-refractivity contribution is -0.136. The second-order valence-corrected chi connectivity index (χ2v) is 5.71. The van der Waals surface area contributed by atoms with Gasteiger partial charge in [0.25, 0.3) is 0 Å². The number of carboxylic acid groups (broad SMARTS) is 1. The van der Waals surface area contributed by atoms with Crippen LogP contribution in [0.5, 0.6) is 0 Å². The molecule has 0 saturated heterocycles. The van der Waals surface area contributed by atoms with Gasteiger partial charge in [0.1, 0.15) is 5.76 Å². The van der Waals surface area contributed by atoms with Crippen molar-refractivity contribution in [2.75, 3.05) is 11.4 Å². The van der Waals surface area contributed by atoms with Gasteiger partial charge in [0.2, 0.25) is 0 Å². The minimum absolute atomic E-state index is 0.0936. The van der Waals surface area contributed by atoms with Gasteiger partial charge in [-0.25, -0.2) is 0 Å². The summed E-state index contributed by atoms with van der Waals surface area (Å²) in [6.07, 6.45) is 0.0936. The molecule has 22 heavy (non-hydrogen) atoms. The SMILES string of the molecule is Cc1cc(C)cc(N(CCC(=O)O)Cc2c(C)noc2C)c1. The molecule has 1 N–H and O–H groups in total. The number of aryl methyl sites for hydroxylation is 4. The van der Waals surface area contributed by atoms with E-state index in [9.17, 15) is 4.79 Å². The first-order chi connectivity index (χ1) is 10.4. The van der Waals surface area contributed by atoms with Crippen molar-refractivity contribution in [2.45, 2.75) is 40.7 Å². The Morgan fingerprint density at radius 1 is 1.18 bits per heavy atom. The molecule has 0 radical (unpaired) electrons. The quantitative estimate of drug-likeness (QED) is 0.886. The minimum atomic E-state index is -0.798. The van der Waals surface area contributed by atoms with Crippen molar-refractivity contribution in [3.8, 4) is 0 Å². The highest BCUT2D eigenvalue weighted by atomic mass is 16.5. The number of carbonyl (C=O) groups is 1. The van der Waals surface area contributed by atoms with Crippen LogP contribution in [-0.4, -0.2) is 22.8 Å². The van der Waals surface area contributed by atoms with E-state index in [2.05, 4.69) is 28.3 Å². The van der Waals surface area contributed by atoms with E-state index in [0.717, 1.165) is 33.8 Å². The average Bonchev–Trinajstić information content (AvgIpc) is 2.73. The van der Waals surface area contributed by atoms with E-state index in [1.54, 1.807) is 0 Å². The molecule has 0 amide bonds. The maximum Gasteiger partial charge on any atom is 0.305 e. The molecular formula is C17H22N2O3. The van der Waals surface area contributed by atoms with E-state index < -0.39 is 5.97 Å². The molecule has 5 heteroatoms. The van der Waals surface area contributed by atoms with Crippen molar-refractivity contribution in [3.05, 3.63) is 46.3 Å². The number of carboxylic acids is 1. The molecule has 0 atom stereocenters. The molecule has 2 rings (SSSR count). The predicted octanol–water partition coefficient (Wildman–Crippen LogP) is 3.39. The smallest absolute Gasteiger partial charge is 0.305 e. The van der Waals surface area contributed by atoms with Crippen LogP contribution in [0, 0.1) is 27.7 Å². The maximum absolute atomic E-state index is 10.9. The van der Waals surface area contributed by atoms with Gasteiger partial charge < -0.3 is 14.5 Å². The van der Waals surface area contributed by atoms with E-state index in [0.29, 0.717) is 13.1 Å². The molecule has 0 fully saturated rings. The van der Waals surface area contributed by atoms with Crippen molar-refractivity contribution < 1.29 is 14.4 Å². The zero-order valence-electron chi connectivity index (χ0n) is 13.5. The number of rotatable bonds is 6. The third kappa shape index (κ3) is 3.87. The first kappa shape index (κ1) is 16.1. The molecular weight excluding hydrogens is 280 g/mol. The van der Waals surface area contributed by atoms with Gasteiger partial charge in [0.15, 0.2) is 0 Å². The van der Waals surface area contributed by atoms with Crippen LogP contribution >= 0.6 is 0 Å². The van der Waals surface area contributed by atoms with Crippen molar-refractivity contribution in [1.82, 2.24) is 5.16 Å². The number of nitrogens with zero attached hydrogens (tertiary/aromatic N) is 2. The Balaban J connectivity index is 2.31. The van der Waals surface area contributed by atoms with Gasteiger partial charge in [0.05, 0.1) is 12.1 Å². The summed E-state index contributed by atoms with van der Waals surface area (Å²) in [5.74, 6) is -0.0182. The van der Waals surface area contributed by atoms with Crippen LogP contribution in [-0.2, 0) is 11.3 Å². The van der Waals surface area contributed by atoms with Gasteiger partial charge in [0, 0.05) is 24.3 Å². The van der Waals surface area contributed by atoms with Gasteiger partial charge >= 0.3 is 5.97 Å². The molecule has 0 aliphatic carbocycles. The third-order valence-electron chi connectivity index (χ3n) is 3.70. The Morgan fingerprint density at radius 3 is 2.32 bits per heavy atom. The van der Waals surface area contributed by atoms with Gasteiger partial charge in [-0.1, -0.05) is 11.2 Å². The second kappa shape index (κ2) is 6.64. The van der Waals surface area contributed by atoms with Gasteiger partial charge in [-0.15, -0.1) is 0 Å². The van der Waals surface area contributed by atoms with E-state index in [-0.39, 0.29) is 6.42 Å². The first-order valence-electron chi connectivity index (χ1n) is 7.33. The summed E-state index contributed by atoms with van der Waals surface area (Å²) in [5, 5.41) is 13.0. The van der Waals surface area contributed by atoms with Crippen LogP contribution in [0.3, 0.4) is 0 Å². The van der Waals surface area contributed by atoms with Crippen molar-refractivity contribution >= 4 is 11.7 Å². The summed E-state index contributed by atoms with van der Waals surface area (Å²) < 4.78 is 5.21. The fraction of sp³-hybridized carbons (Fsp3) is 0.412. The molecule has 0 aliphatic heterocycles. The number of benzene rings is 1.